The van der Waals surface area contributed by atoms with Crippen LogP contribution < -0.4 is 4.74 Å². The number of methoxy groups -OCH3 is 1. The normalized spacial score (nSPS) is 13.9. The lowest BCUT2D eigenvalue weighted by molar-refractivity contribution is 0.0532. The van der Waals surface area contributed by atoms with Gasteiger partial charge in [0.25, 0.3) is 11.8 Å². The molecule has 1 fully saturated rings. The molecule has 0 aliphatic carbocycles. The topological polar surface area (TPSA) is 80.6 Å². The molecule has 160 valence electrons. The summed E-state index contributed by atoms with van der Waals surface area (Å²) in [5.41, 5.74) is 1.66. The van der Waals surface area contributed by atoms with Gasteiger partial charge in [-0.25, -0.2) is 9.07 Å². The quantitative estimate of drug-likeness (QED) is 0.628. The van der Waals surface area contributed by atoms with E-state index in [9.17, 15) is 14.0 Å². The van der Waals surface area contributed by atoms with Crippen LogP contribution in [0.3, 0.4) is 0 Å². The average Bonchev–Trinajstić information content (AvgIpc) is 3.28. The van der Waals surface area contributed by atoms with E-state index in [0.29, 0.717) is 44.0 Å². The van der Waals surface area contributed by atoms with E-state index in [4.69, 9.17) is 4.74 Å². The second-order valence-electron chi connectivity index (χ2n) is 7.24. The maximum Gasteiger partial charge on any atom is 0.276 e. The summed E-state index contributed by atoms with van der Waals surface area (Å²) in [5, 5.41) is 7.98. The van der Waals surface area contributed by atoms with Gasteiger partial charge in [0.1, 0.15) is 11.6 Å². The highest BCUT2D eigenvalue weighted by Gasteiger charge is 2.27. The third kappa shape index (κ3) is 4.71. The molecule has 8 nitrogen and oxygen atoms in total. The summed E-state index contributed by atoms with van der Waals surface area (Å²) in [7, 11) is 1.56. The van der Waals surface area contributed by atoms with Crippen molar-refractivity contribution in [3.05, 3.63) is 77.4 Å². The van der Waals surface area contributed by atoms with Gasteiger partial charge in [-0.05, 0) is 35.9 Å². The predicted molar refractivity (Wildman–Crippen MR) is 110 cm³/mol. The molecule has 0 atom stereocenters. The minimum atomic E-state index is -0.303. The van der Waals surface area contributed by atoms with E-state index in [2.05, 4.69) is 10.3 Å². The summed E-state index contributed by atoms with van der Waals surface area (Å²) in [5.74, 6) is 0.0145. The Balaban J connectivity index is 1.34. The standard InChI is InChI=1S/C22H22FN5O3/c1-31-19-4-2-3-17(13-19)21(29)26-9-11-27(12-10-26)22(30)20-15-28(25-24-20)14-16-5-7-18(23)8-6-16/h2-8,13,15H,9-12,14H2,1H3. The molecule has 2 amide bonds. The molecular formula is C22H22FN5O3. The fraction of sp³-hybridized carbons (Fsp3) is 0.273. The predicted octanol–water partition coefficient (Wildman–Crippen LogP) is 2.07. The number of piperazine rings is 1. The third-order valence-corrected chi connectivity index (χ3v) is 5.19. The summed E-state index contributed by atoms with van der Waals surface area (Å²) in [4.78, 5) is 28.9. The summed E-state index contributed by atoms with van der Waals surface area (Å²) >= 11 is 0. The molecule has 2 aromatic carbocycles. The molecule has 1 saturated heterocycles. The lowest BCUT2D eigenvalue weighted by atomic mass is 10.1. The summed E-state index contributed by atoms with van der Waals surface area (Å²) in [6.07, 6.45) is 1.58. The first-order valence-corrected chi connectivity index (χ1v) is 9.90. The Hall–Kier alpha value is -3.75. The minimum absolute atomic E-state index is 0.0868. The summed E-state index contributed by atoms with van der Waals surface area (Å²) < 4.78 is 19.8. The molecule has 2 heterocycles. The van der Waals surface area contributed by atoms with Crippen molar-refractivity contribution in [2.24, 2.45) is 0 Å². The van der Waals surface area contributed by atoms with Crippen molar-refractivity contribution < 1.29 is 18.7 Å². The molecule has 0 spiro atoms. The molecule has 1 aliphatic heterocycles. The second kappa shape index (κ2) is 8.95. The van der Waals surface area contributed by atoms with E-state index in [1.807, 2.05) is 0 Å². The smallest absolute Gasteiger partial charge is 0.276 e. The van der Waals surface area contributed by atoms with Crippen LogP contribution in [0.25, 0.3) is 0 Å². The zero-order chi connectivity index (χ0) is 21.8. The van der Waals surface area contributed by atoms with Gasteiger partial charge in [-0.2, -0.15) is 0 Å². The van der Waals surface area contributed by atoms with Gasteiger partial charge in [0.2, 0.25) is 0 Å². The number of carbonyl (C=O) groups is 2. The van der Waals surface area contributed by atoms with Crippen molar-refractivity contribution in [3.63, 3.8) is 0 Å². The largest absolute Gasteiger partial charge is 0.497 e. The molecule has 0 bridgehead atoms. The zero-order valence-corrected chi connectivity index (χ0v) is 17.1. The van der Waals surface area contributed by atoms with E-state index in [0.717, 1.165) is 5.56 Å². The van der Waals surface area contributed by atoms with Crippen molar-refractivity contribution >= 4 is 11.8 Å². The van der Waals surface area contributed by atoms with Gasteiger partial charge in [-0.3, -0.25) is 9.59 Å². The van der Waals surface area contributed by atoms with Crippen molar-refractivity contribution in [1.82, 2.24) is 24.8 Å². The van der Waals surface area contributed by atoms with E-state index >= 15 is 0 Å². The molecule has 3 aromatic rings. The summed E-state index contributed by atoms with van der Waals surface area (Å²) in [6, 6.07) is 13.1. The molecule has 0 unspecified atom stereocenters. The number of nitrogens with zero attached hydrogens (tertiary/aromatic N) is 5. The highest BCUT2D eigenvalue weighted by atomic mass is 19.1. The number of hydrogen-bond donors (Lipinski definition) is 0. The summed E-state index contributed by atoms with van der Waals surface area (Å²) in [6.45, 7) is 2.10. The van der Waals surface area contributed by atoms with E-state index < -0.39 is 0 Å². The lowest BCUT2D eigenvalue weighted by Crippen LogP contribution is -2.50. The van der Waals surface area contributed by atoms with E-state index in [-0.39, 0.29) is 23.3 Å². The maximum atomic E-state index is 13.0. The number of amides is 2. The third-order valence-electron chi connectivity index (χ3n) is 5.19. The Morgan fingerprint density at radius 3 is 2.35 bits per heavy atom. The van der Waals surface area contributed by atoms with Crippen LogP contribution >= 0.6 is 0 Å². The Morgan fingerprint density at radius 2 is 1.68 bits per heavy atom. The van der Waals surface area contributed by atoms with Crippen LogP contribution in [0.15, 0.2) is 54.7 Å². The first-order valence-electron chi connectivity index (χ1n) is 9.90. The van der Waals surface area contributed by atoms with E-state index in [1.54, 1.807) is 64.2 Å². The zero-order valence-electron chi connectivity index (χ0n) is 17.1. The fourth-order valence-electron chi connectivity index (χ4n) is 3.46. The minimum Gasteiger partial charge on any atom is -0.497 e. The number of ether oxygens (including phenoxy) is 1. The SMILES string of the molecule is COc1cccc(C(=O)N2CCN(C(=O)c3cn(Cc4ccc(F)cc4)nn3)CC2)c1. The number of hydrogen-bond acceptors (Lipinski definition) is 5. The van der Waals surface area contributed by atoms with Gasteiger partial charge in [0.05, 0.1) is 19.9 Å². The molecule has 4 rings (SSSR count). The highest BCUT2D eigenvalue weighted by Crippen LogP contribution is 2.16. The molecule has 1 aromatic heterocycles. The van der Waals surface area contributed by atoms with Crippen LogP contribution in [0.4, 0.5) is 4.39 Å². The van der Waals surface area contributed by atoms with Crippen LogP contribution in [0.2, 0.25) is 0 Å². The van der Waals surface area contributed by atoms with E-state index in [1.165, 1.54) is 12.1 Å². The molecular weight excluding hydrogens is 401 g/mol. The Kier molecular flexibility index (Phi) is 5.92. The fourth-order valence-corrected chi connectivity index (χ4v) is 3.46. The molecule has 0 saturated carbocycles. The molecule has 31 heavy (non-hydrogen) atoms. The molecule has 1 aliphatic rings. The first-order chi connectivity index (χ1) is 15.0. The molecule has 0 radical (unpaired) electrons. The lowest BCUT2D eigenvalue weighted by Gasteiger charge is -2.34. The van der Waals surface area contributed by atoms with Crippen LogP contribution in [-0.2, 0) is 6.54 Å². The van der Waals surface area contributed by atoms with Crippen LogP contribution in [0, 0.1) is 5.82 Å². The van der Waals surface area contributed by atoms with Crippen molar-refractivity contribution in [2.45, 2.75) is 6.54 Å². The van der Waals surface area contributed by atoms with Crippen molar-refractivity contribution in [2.75, 3.05) is 33.3 Å². The monoisotopic (exact) mass is 423 g/mol. The van der Waals surface area contributed by atoms with Gasteiger partial charge in [0, 0.05) is 31.7 Å². The molecule has 0 N–H and O–H groups in total. The van der Waals surface area contributed by atoms with Gasteiger partial charge >= 0.3 is 0 Å². The number of carbonyl (C=O) groups excluding carboxylic acids is 2. The maximum absolute atomic E-state index is 13.0. The van der Waals surface area contributed by atoms with Crippen LogP contribution in [-0.4, -0.2) is 69.9 Å². The van der Waals surface area contributed by atoms with Gasteiger partial charge in [-0.1, -0.05) is 23.4 Å². The average molecular weight is 423 g/mol. The Labute approximate surface area is 178 Å². The second-order valence-corrected chi connectivity index (χ2v) is 7.24. The van der Waals surface area contributed by atoms with Crippen LogP contribution in [0.5, 0.6) is 5.75 Å². The molecule has 9 heteroatoms. The van der Waals surface area contributed by atoms with Crippen LogP contribution in [0.1, 0.15) is 26.4 Å². The number of aromatic nitrogens is 3. The first kappa shape index (κ1) is 20.5. The van der Waals surface area contributed by atoms with Gasteiger partial charge in [0.15, 0.2) is 5.69 Å². The highest BCUT2D eigenvalue weighted by molar-refractivity contribution is 5.95. The number of rotatable bonds is 5. The van der Waals surface area contributed by atoms with Crippen molar-refractivity contribution in [1.29, 1.82) is 0 Å². The Bertz CT molecular complexity index is 1070. The Morgan fingerprint density at radius 1 is 1.00 bits per heavy atom. The van der Waals surface area contributed by atoms with Crippen molar-refractivity contribution in [3.8, 4) is 5.75 Å². The van der Waals surface area contributed by atoms with Gasteiger partial charge in [-0.15, -0.1) is 5.10 Å². The number of benzene rings is 2. The van der Waals surface area contributed by atoms with Gasteiger partial charge < -0.3 is 14.5 Å². The number of halogens is 1.